The number of hydrogen-bond acceptors (Lipinski definition) is 3. The summed E-state index contributed by atoms with van der Waals surface area (Å²) in [5.74, 6) is 0.174. The van der Waals surface area contributed by atoms with E-state index in [1.54, 1.807) is 18.2 Å². The number of hydrogen-bond donors (Lipinski definition) is 1. The molecule has 0 atom stereocenters. The molecule has 0 aromatic heterocycles. The molecule has 104 valence electrons. The second kappa shape index (κ2) is 7.07. The number of halogens is 1. The first kappa shape index (κ1) is 14.6. The molecule has 2 aromatic carbocycles. The van der Waals surface area contributed by atoms with Gasteiger partial charge in [-0.2, -0.15) is 0 Å². The fourth-order valence-electron chi connectivity index (χ4n) is 1.70. The molecule has 0 unspecified atom stereocenters. The maximum Gasteiger partial charge on any atom is 0.278 e. The third kappa shape index (κ3) is 3.59. The van der Waals surface area contributed by atoms with Gasteiger partial charge in [-0.25, -0.2) is 5.48 Å². The van der Waals surface area contributed by atoms with Crippen LogP contribution in [0.3, 0.4) is 0 Å². The lowest BCUT2D eigenvalue weighted by Crippen LogP contribution is -2.22. The minimum atomic E-state index is -0.338. The highest BCUT2D eigenvalue weighted by Crippen LogP contribution is 2.22. The molecule has 2 rings (SSSR count). The van der Waals surface area contributed by atoms with E-state index < -0.39 is 0 Å². The van der Waals surface area contributed by atoms with Crippen molar-refractivity contribution in [2.45, 2.75) is 6.61 Å². The highest BCUT2D eigenvalue weighted by atomic mass is 79.9. The Balaban J connectivity index is 2.14. The van der Waals surface area contributed by atoms with E-state index in [2.05, 4.69) is 26.2 Å². The SMILES string of the molecule is CONC(=O)c1ccccc1OCc1ccccc1Br. The van der Waals surface area contributed by atoms with Crippen molar-refractivity contribution >= 4 is 21.8 Å². The van der Waals surface area contributed by atoms with Crippen molar-refractivity contribution in [3.63, 3.8) is 0 Å². The van der Waals surface area contributed by atoms with E-state index in [0.29, 0.717) is 17.9 Å². The summed E-state index contributed by atoms with van der Waals surface area (Å²) in [6, 6.07) is 14.8. The van der Waals surface area contributed by atoms with Gasteiger partial charge in [0.15, 0.2) is 0 Å². The summed E-state index contributed by atoms with van der Waals surface area (Å²) < 4.78 is 6.70. The van der Waals surface area contributed by atoms with Crippen LogP contribution in [0.2, 0.25) is 0 Å². The van der Waals surface area contributed by atoms with E-state index in [4.69, 9.17) is 4.74 Å². The molecule has 0 aliphatic carbocycles. The largest absolute Gasteiger partial charge is 0.488 e. The van der Waals surface area contributed by atoms with Crippen molar-refractivity contribution in [2.75, 3.05) is 7.11 Å². The zero-order chi connectivity index (χ0) is 14.4. The number of hydroxylamine groups is 1. The monoisotopic (exact) mass is 335 g/mol. The van der Waals surface area contributed by atoms with Crippen LogP contribution in [0.25, 0.3) is 0 Å². The summed E-state index contributed by atoms with van der Waals surface area (Å²) in [7, 11) is 1.39. The zero-order valence-corrected chi connectivity index (χ0v) is 12.5. The lowest BCUT2D eigenvalue weighted by atomic mass is 10.2. The summed E-state index contributed by atoms with van der Waals surface area (Å²) in [5, 5.41) is 0. The van der Waals surface area contributed by atoms with E-state index in [9.17, 15) is 4.79 Å². The first-order valence-electron chi connectivity index (χ1n) is 6.01. The number of carbonyl (C=O) groups excluding carboxylic acids is 1. The molecule has 0 saturated heterocycles. The van der Waals surface area contributed by atoms with Crippen LogP contribution < -0.4 is 10.2 Å². The Morgan fingerprint density at radius 1 is 1.15 bits per heavy atom. The van der Waals surface area contributed by atoms with Crippen LogP contribution in [0.4, 0.5) is 0 Å². The highest BCUT2D eigenvalue weighted by molar-refractivity contribution is 9.10. The number of amides is 1. The molecule has 1 amide bonds. The first-order valence-corrected chi connectivity index (χ1v) is 6.80. The number of ether oxygens (including phenoxy) is 1. The number of nitrogens with one attached hydrogen (secondary N) is 1. The van der Waals surface area contributed by atoms with E-state index in [1.165, 1.54) is 7.11 Å². The summed E-state index contributed by atoms with van der Waals surface area (Å²) in [5.41, 5.74) is 3.72. The van der Waals surface area contributed by atoms with Gasteiger partial charge in [-0.3, -0.25) is 9.63 Å². The van der Waals surface area contributed by atoms with Gasteiger partial charge < -0.3 is 4.74 Å². The van der Waals surface area contributed by atoms with Gasteiger partial charge in [-0.15, -0.1) is 0 Å². The molecule has 5 heteroatoms. The number of benzene rings is 2. The standard InChI is InChI=1S/C15H14BrNO3/c1-19-17-15(18)12-7-3-5-9-14(12)20-10-11-6-2-4-8-13(11)16/h2-9H,10H2,1H3,(H,17,18). The van der Waals surface area contributed by atoms with Crippen LogP contribution in [0.5, 0.6) is 5.75 Å². The Bertz CT molecular complexity index is 601. The molecule has 0 aliphatic heterocycles. The second-order valence-electron chi connectivity index (χ2n) is 4.01. The first-order chi connectivity index (χ1) is 9.72. The zero-order valence-electron chi connectivity index (χ0n) is 10.9. The normalized spacial score (nSPS) is 10.1. The smallest absolute Gasteiger partial charge is 0.278 e. The predicted octanol–water partition coefficient (Wildman–Crippen LogP) is 3.32. The molecule has 0 saturated carbocycles. The van der Waals surface area contributed by atoms with Crippen LogP contribution in [-0.2, 0) is 11.4 Å². The molecule has 20 heavy (non-hydrogen) atoms. The average molecular weight is 336 g/mol. The van der Waals surface area contributed by atoms with Gasteiger partial charge in [0.1, 0.15) is 12.4 Å². The van der Waals surface area contributed by atoms with E-state index >= 15 is 0 Å². The minimum Gasteiger partial charge on any atom is -0.488 e. The van der Waals surface area contributed by atoms with Crippen LogP contribution in [0, 0.1) is 0 Å². The summed E-state index contributed by atoms with van der Waals surface area (Å²) >= 11 is 3.46. The maximum atomic E-state index is 11.8. The summed E-state index contributed by atoms with van der Waals surface area (Å²) in [6.45, 7) is 0.374. The molecular formula is C15H14BrNO3. The van der Waals surface area contributed by atoms with Gasteiger partial charge in [0.05, 0.1) is 12.7 Å². The summed E-state index contributed by atoms with van der Waals surface area (Å²) in [4.78, 5) is 16.5. The fraction of sp³-hybridized carbons (Fsp3) is 0.133. The Labute approximate surface area is 125 Å². The van der Waals surface area contributed by atoms with Gasteiger partial charge in [0, 0.05) is 10.0 Å². The highest BCUT2D eigenvalue weighted by Gasteiger charge is 2.12. The Morgan fingerprint density at radius 2 is 1.85 bits per heavy atom. The molecule has 0 spiro atoms. The van der Waals surface area contributed by atoms with Crippen molar-refractivity contribution in [3.05, 3.63) is 64.1 Å². The average Bonchev–Trinajstić information content (AvgIpc) is 2.47. The van der Waals surface area contributed by atoms with Crippen LogP contribution in [0.1, 0.15) is 15.9 Å². The van der Waals surface area contributed by atoms with Crippen molar-refractivity contribution in [1.82, 2.24) is 5.48 Å². The lowest BCUT2D eigenvalue weighted by Gasteiger charge is -2.11. The molecule has 0 radical (unpaired) electrons. The number of para-hydroxylation sites is 1. The van der Waals surface area contributed by atoms with Crippen molar-refractivity contribution in [1.29, 1.82) is 0 Å². The fourth-order valence-corrected chi connectivity index (χ4v) is 2.10. The second-order valence-corrected chi connectivity index (χ2v) is 4.87. The van der Waals surface area contributed by atoms with Crippen LogP contribution >= 0.6 is 15.9 Å². The molecule has 0 fully saturated rings. The molecule has 4 nitrogen and oxygen atoms in total. The Hall–Kier alpha value is -1.85. The third-order valence-corrected chi connectivity index (χ3v) is 3.44. The molecule has 1 N–H and O–H groups in total. The number of carbonyl (C=O) groups is 1. The quantitative estimate of drug-likeness (QED) is 0.852. The molecule has 0 heterocycles. The Kier molecular flexibility index (Phi) is 5.15. The Morgan fingerprint density at radius 3 is 2.60 bits per heavy atom. The van der Waals surface area contributed by atoms with Gasteiger partial charge in [0.2, 0.25) is 0 Å². The molecule has 0 bridgehead atoms. The van der Waals surface area contributed by atoms with Crippen LogP contribution in [0.15, 0.2) is 53.0 Å². The van der Waals surface area contributed by atoms with Gasteiger partial charge >= 0.3 is 0 Å². The summed E-state index contributed by atoms with van der Waals surface area (Å²) in [6.07, 6.45) is 0. The van der Waals surface area contributed by atoms with E-state index in [1.807, 2.05) is 30.3 Å². The third-order valence-electron chi connectivity index (χ3n) is 2.67. The van der Waals surface area contributed by atoms with Crippen LogP contribution in [-0.4, -0.2) is 13.0 Å². The van der Waals surface area contributed by atoms with Crippen molar-refractivity contribution in [2.24, 2.45) is 0 Å². The van der Waals surface area contributed by atoms with Gasteiger partial charge in [-0.1, -0.05) is 46.3 Å². The van der Waals surface area contributed by atoms with Crippen molar-refractivity contribution < 1.29 is 14.4 Å². The number of rotatable bonds is 5. The van der Waals surface area contributed by atoms with E-state index in [0.717, 1.165) is 10.0 Å². The van der Waals surface area contributed by atoms with Gasteiger partial charge in [0.25, 0.3) is 5.91 Å². The van der Waals surface area contributed by atoms with Gasteiger partial charge in [-0.05, 0) is 18.2 Å². The molecule has 0 aliphatic rings. The topological polar surface area (TPSA) is 47.6 Å². The lowest BCUT2D eigenvalue weighted by molar-refractivity contribution is 0.0533. The molecule has 2 aromatic rings. The molecular weight excluding hydrogens is 322 g/mol. The van der Waals surface area contributed by atoms with E-state index in [-0.39, 0.29) is 5.91 Å². The maximum absolute atomic E-state index is 11.8. The predicted molar refractivity (Wildman–Crippen MR) is 79.4 cm³/mol. The minimum absolute atomic E-state index is 0.338. The van der Waals surface area contributed by atoms with Crippen molar-refractivity contribution in [3.8, 4) is 5.75 Å².